The van der Waals surface area contributed by atoms with Gasteiger partial charge in [-0.1, -0.05) is 0 Å². The summed E-state index contributed by atoms with van der Waals surface area (Å²) in [5.41, 5.74) is 2.21. The fraction of sp³-hybridized carbons (Fsp3) is 0.357. The standard InChI is InChI=1S/C14H18N2OS/c1-18-9-3-2-8-16-13-6-4-12(5-7-13)14-10-15-11-17-14/h4-7,10-11,16H,2-3,8-9H2,1H3. The second kappa shape index (κ2) is 7.11. The van der Waals surface area contributed by atoms with E-state index in [0.717, 1.165) is 23.6 Å². The Morgan fingerprint density at radius 1 is 1.22 bits per heavy atom. The second-order valence-electron chi connectivity index (χ2n) is 4.07. The van der Waals surface area contributed by atoms with Gasteiger partial charge in [-0.3, -0.25) is 0 Å². The van der Waals surface area contributed by atoms with Gasteiger partial charge < -0.3 is 9.73 Å². The number of hydrogen-bond acceptors (Lipinski definition) is 4. The number of aromatic nitrogens is 1. The SMILES string of the molecule is CSCCCCNc1ccc(-c2cnco2)cc1. The van der Waals surface area contributed by atoms with Crippen molar-refractivity contribution < 1.29 is 4.42 Å². The van der Waals surface area contributed by atoms with Crippen LogP contribution in [0.4, 0.5) is 5.69 Å². The lowest BCUT2D eigenvalue weighted by Crippen LogP contribution is -2.01. The highest BCUT2D eigenvalue weighted by Crippen LogP contribution is 2.20. The Bertz CT molecular complexity index is 439. The van der Waals surface area contributed by atoms with Crippen LogP contribution in [0.5, 0.6) is 0 Å². The Labute approximate surface area is 112 Å². The molecule has 0 aliphatic heterocycles. The summed E-state index contributed by atoms with van der Waals surface area (Å²) in [5, 5.41) is 3.42. The molecular formula is C14H18N2OS. The molecule has 1 aromatic carbocycles. The molecule has 2 rings (SSSR count). The summed E-state index contributed by atoms with van der Waals surface area (Å²) in [7, 11) is 0. The minimum Gasteiger partial charge on any atom is -0.444 e. The molecule has 0 aliphatic rings. The van der Waals surface area contributed by atoms with Gasteiger partial charge in [-0.05, 0) is 49.1 Å². The zero-order chi connectivity index (χ0) is 12.6. The Kier molecular flexibility index (Phi) is 5.15. The minimum absolute atomic E-state index is 0.807. The molecule has 0 aliphatic carbocycles. The Balaban J connectivity index is 1.81. The fourth-order valence-electron chi connectivity index (χ4n) is 1.71. The molecule has 0 saturated carbocycles. The maximum absolute atomic E-state index is 5.25. The first-order chi connectivity index (χ1) is 8.90. The van der Waals surface area contributed by atoms with Gasteiger partial charge in [0.2, 0.25) is 0 Å². The summed E-state index contributed by atoms with van der Waals surface area (Å²) in [6.07, 6.45) is 7.81. The van der Waals surface area contributed by atoms with E-state index in [0.29, 0.717) is 0 Å². The van der Waals surface area contributed by atoms with Gasteiger partial charge >= 0.3 is 0 Å². The van der Waals surface area contributed by atoms with Gasteiger partial charge in [0, 0.05) is 17.8 Å². The van der Waals surface area contributed by atoms with E-state index < -0.39 is 0 Å². The van der Waals surface area contributed by atoms with Crippen LogP contribution in [-0.4, -0.2) is 23.5 Å². The van der Waals surface area contributed by atoms with Crippen LogP contribution in [0.1, 0.15) is 12.8 Å². The molecule has 1 N–H and O–H groups in total. The molecule has 4 heteroatoms. The van der Waals surface area contributed by atoms with Crippen LogP contribution in [-0.2, 0) is 0 Å². The van der Waals surface area contributed by atoms with E-state index in [4.69, 9.17) is 4.42 Å². The molecule has 0 amide bonds. The highest BCUT2D eigenvalue weighted by Gasteiger charge is 2.00. The lowest BCUT2D eigenvalue weighted by atomic mass is 10.1. The quantitative estimate of drug-likeness (QED) is 0.768. The number of oxazole rings is 1. The Morgan fingerprint density at radius 2 is 2.06 bits per heavy atom. The van der Waals surface area contributed by atoms with E-state index in [1.54, 1.807) is 6.20 Å². The summed E-state index contributed by atoms with van der Waals surface area (Å²) in [6, 6.07) is 8.24. The van der Waals surface area contributed by atoms with Gasteiger partial charge in [0.05, 0.1) is 6.20 Å². The Hall–Kier alpha value is -1.42. The lowest BCUT2D eigenvalue weighted by Gasteiger charge is -2.06. The van der Waals surface area contributed by atoms with E-state index in [9.17, 15) is 0 Å². The number of nitrogens with one attached hydrogen (secondary N) is 1. The van der Waals surface area contributed by atoms with Crippen molar-refractivity contribution in [3.05, 3.63) is 36.9 Å². The number of thioether (sulfide) groups is 1. The van der Waals surface area contributed by atoms with Crippen LogP contribution in [0.15, 0.2) is 41.3 Å². The van der Waals surface area contributed by atoms with Crippen molar-refractivity contribution in [1.29, 1.82) is 0 Å². The molecule has 3 nitrogen and oxygen atoms in total. The molecule has 0 unspecified atom stereocenters. The van der Waals surface area contributed by atoms with Crippen LogP contribution in [0.3, 0.4) is 0 Å². The van der Waals surface area contributed by atoms with E-state index >= 15 is 0 Å². The topological polar surface area (TPSA) is 38.1 Å². The number of unbranched alkanes of at least 4 members (excludes halogenated alkanes) is 1. The van der Waals surface area contributed by atoms with Gasteiger partial charge in [0.25, 0.3) is 0 Å². The third-order valence-corrected chi connectivity index (χ3v) is 3.40. The van der Waals surface area contributed by atoms with Crippen molar-refractivity contribution >= 4 is 17.4 Å². The smallest absolute Gasteiger partial charge is 0.181 e. The monoisotopic (exact) mass is 262 g/mol. The van der Waals surface area contributed by atoms with Gasteiger partial charge in [-0.25, -0.2) is 4.98 Å². The van der Waals surface area contributed by atoms with Gasteiger partial charge in [0.1, 0.15) is 0 Å². The van der Waals surface area contributed by atoms with Crippen LogP contribution in [0.25, 0.3) is 11.3 Å². The van der Waals surface area contributed by atoms with E-state index in [1.165, 1.54) is 25.0 Å². The van der Waals surface area contributed by atoms with Crippen molar-refractivity contribution in [3.8, 4) is 11.3 Å². The first kappa shape index (κ1) is 13.0. The average Bonchev–Trinajstić information content (AvgIpc) is 2.93. The number of anilines is 1. The minimum atomic E-state index is 0.807. The number of hydrogen-bond donors (Lipinski definition) is 1. The highest BCUT2D eigenvalue weighted by atomic mass is 32.2. The third kappa shape index (κ3) is 3.81. The molecule has 0 fully saturated rings. The molecular weight excluding hydrogens is 244 g/mol. The average molecular weight is 262 g/mol. The molecule has 18 heavy (non-hydrogen) atoms. The Morgan fingerprint density at radius 3 is 2.72 bits per heavy atom. The summed E-state index contributed by atoms with van der Waals surface area (Å²) in [5.74, 6) is 2.05. The van der Waals surface area contributed by atoms with E-state index in [2.05, 4.69) is 28.7 Å². The number of rotatable bonds is 7. The molecule has 0 spiro atoms. The van der Waals surface area contributed by atoms with Crippen molar-refractivity contribution in [3.63, 3.8) is 0 Å². The van der Waals surface area contributed by atoms with Crippen molar-refractivity contribution in [1.82, 2.24) is 4.98 Å². The van der Waals surface area contributed by atoms with Crippen molar-refractivity contribution in [2.75, 3.05) is 23.9 Å². The zero-order valence-electron chi connectivity index (χ0n) is 10.6. The lowest BCUT2D eigenvalue weighted by molar-refractivity contribution is 0.572. The molecule has 1 heterocycles. The zero-order valence-corrected chi connectivity index (χ0v) is 11.4. The first-order valence-electron chi connectivity index (χ1n) is 6.12. The van der Waals surface area contributed by atoms with Crippen LogP contribution < -0.4 is 5.32 Å². The van der Waals surface area contributed by atoms with E-state index in [1.807, 2.05) is 23.9 Å². The van der Waals surface area contributed by atoms with Gasteiger partial charge in [-0.2, -0.15) is 11.8 Å². The maximum atomic E-state index is 5.25. The van der Waals surface area contributed by atoms with Crippen molar-refractivity contribution in [2.24, 2.45) is 0 Å². The maximum Gasteiger partial charge on any atom is 0.181 e. The van der Waals surface area contributed by atoms with Crippen molar-refractivity contribution in [2.45, 2.75) is 12.8 Å². The predicted molar refractivity (Wildman–Crippen MR) is 78.0 cm³/mol. The van der Waals surface area contributed by atoms with Crippen LogP contribution in [0, 0.1) is 0 Å². The normalized spacial score (nSPS) is 10.5. The van der Waals surface area contributed by atoms with Crippen LogP contribution >= 0.6 is 11.8 Å². The molecule has 2 aromatic rings. The first-order valence-corrected chi connectivity index (χ1v) is 7.51. The number of benzene rings is 1. The van der Waals surface area contributed by atoms with Gasteiger partial charge in [0.15, 0.2) is 12.2 Å². The largest absolute Gasteiger partial charge is 0.444 e. The summed E-state index contributed by atoms with van der Waals surface area (Å²) in [4.78, 5) is 3.91. The molecule has 0 saturated heterocycles. The second-order valence-corrected chi connectivity index (χ2v) is 5.06. The molecule has 1 aromatic heterocycles. The molecule has 0 radical (unpaired) electrons. The summed E-state index contributed by atoms with van der Waals surface area (Å²) >= 11 is 1.90. The van der Waals surface area contributed by atoms with Gasteiger partial charge in [-0.15, -0.1) is 0 Å². The number of nitrogens with zero attached hydrogens (tertiary/aromatic N) is 1. The predicted octanol–water partition coefficient (Wildman–Crippen LogP) is 3.90. The third-order valence-electron chi connectivity index (χ3n) is 2.71. The molecule has 0 bridgehead atoms. The summed E-state index contributed by atoms with van der Waals surface area (Å²) in [6.45, 7) is 1.03. The molecule has 0 atom stereocenters. The summed E-state index contributed by atoms with van der Waals surface area (Å²) < 4.78 is 5.25. The van der Waals surface area contributed by atoms with E-state index in [-0.39, 0.29) is 0 Å². The highest BCUT2D eigenvalue weighted by molar-refractivity contribution is 7.98. The fourth-order valence-corrected chi connectivity index (χ4v) is 2.21. The van der Waals surface area contributed by atoms with Crippen LogP contribution in [0.2, 0.25) is 0 Å². The molecule has 96 valence electrons.